The summed E-state index contributed by atoms with van der Waals surface area (Å²) in [5.74, 6) is -0.125. The van der Waals surface area contributed by atoms with Crippen LogP contribution in [0.5, 0.6) is 0 Å². The van der Waals surface area contributed by atoms with Gasteiger partial charge < -0.3 is 9.64 Å². The van der Waals surface area contributed by atoms with Gasteiger partial charge in [-0.25, -0.2) is 0 Å². The Morgan fingerprint density at radius 1 is 1.32 bits per heavy atom. The Balaban J connectivity index is 1.97. The average Bonchev–Trinajstić information content (AvgIpc) is 2.42. The summed E-state index contributed by atoms with van der Waals surface area (Å²) in [6, 6.07) is 7.66. The highest BCUT2D eigenvalue weighted by atomic mass is 16.5. The van der Waals surface area contributed by atoms with Crippen molar-refractivity contribution in [3.8, 4) is 0 Å². The lowest BCUT2D eigenvalue weighted by atomic mass is 10.1. The molecule has 19 heavy (non-hydrogen) atoms. The molecule has 0 saturated carbocycles. The van der Waals surface area contributed by atoms with Crippen molar-refractivity contribution < 1.29 is 14.3 Å². The summed E-state index contributed by atoms with van der Waals surface area (Å²) in [7, 11) is 0. The van der Waals surface area contributed by atoms with Crippen LogP contribution in [0.3, 0.4) is 0 Å². The number of ketones is 1. The first-order valence-corrected chi connectivity index (χ1v) is 6.68. The fourth-order valence-corrected chi connectivity index (χ4v) is 2.13. The molecule has 2 rings (SSSR count). The van der Waals surface area contributed by atoms with Crippen molar-refractivity contribution >= 4 is 11.7 Å². The van der Waals surface area contributed by atoms with Crippen LogP contribution in [0.1, 0.15) is 29.3 Å². The van der Waals surface area contributed by atoms with Gasteiger partial charge in [0, 0.05) is 12.1 Å². The molecule has 1 fully saturated rings. The Bertz CT molecular complexity index is 453. The molecule has 0 N–H and O–H groups in total. The third-order valence-electron chi connectivity index (χ3n) is 3.23. The highest BCUT2D eigenvalue weighted by molar-refractivity contribution is 5.99. The number of carbonyl (C=O) groups excluding carboxylic acids is 2. The van der Waals surface area contributed by atoms with Gasteiger partial charge in [0.1, 0.15) is 6.61 Å². The molecule has 1 saturated heterocycles. The summed E-state index contributed by atoms with van der Waals surface area (Å²) in [5, 5.41) is 0. The fourth-order valence-electron chi connectivity index (χ4n) is 2.13. The third kappa shape index (κ3) is 3.64. The maximum Gasteiger partial charge on any atom is 0.249 e. The largest absolute Gasteiger partial charge is 0.370 e. The molecular formula is C15H19NO3. The number of amides is 1. The second-order valence-electron chi connectivity index (χ2n) is 4.74. The number of hydrogen-bond donors (Lipinski definition) is 0. The molecule has 0 unspecified atom stereocenters. The van der Waals surface area contributed by atoms with Gasteiger partial charge in [-0.2, -0.15) is 0 Å². The van der Waals surface area contributed by atoms with Crippen molar-refractivity contribution in [1.82, 2.24) is 4.90 Å². The van der Waals surface area contributed by atoms with Crippen molar-refractivity contribution in [2.24, 2.45) is 0 Å². The van der Waals surface area contributed by atoms with Crippen LogP contribution in [0.15, 0.2) is 24.3 Å². The van der Waals surface area contributed by atoms with Gasteiger partial charge in [0.15, 0.2) is 5.78 Å². The molecular weight excluding hydrogens is 242 g/mol. The minimum absolute atomic E-state index is 0.0155. The lowest BCUT2D eigenvalue weighted by Crippen LogP contribution is -2.44. The number of ether oxygens (including phenoxy) is 1. The summed E-state index contributed by atoms with van der Waals surface area (Å²) in [6.07, 6.45) is 2.12. The highest BCUT2D eigenvalue weighted by Gasteiger charge is 2.21. The normalized spacial score (nSPS) is 15.6. The zero-order valence-corrected chi connectivity index (χ0v) is 11.2. The predicted octanol–water partition coefficient (Wildman–Crippen LogP) is 1.68. The van der Waals surface area contributed by atoms with Crippen LogP contribution in [0, 0.1) is 0 Å². The lowest BCUT2D eigenvalue weighted by molar-refractivity contribution is -0.141. The van der Waals surface area contributed by atoms with E-state index in [0.29, 0.717) is 18.7 Å². The minimum atomic E-state index is -0.109. The molecule has 1 amide bonds. The van der Waals surface area contributed by atoms with Crippen molar-refractivity contribution in [3.05, 3.63) is 35.4 Å². The second-order valence-corrected chi connectivity index (χ2v) is 4.74. The fraction of sp³-hybridized carbons (Fsp3) is 0.467. The van der Waals surface area contributed by atoms with Gasteiger partial charge in [-0.05, 0) is 12.0 Å². The van der Waals surface area contributed by atoms with Gasteiger partial charge in [-0.3, -0.25) is 9.59 Å². The zero-order chi connectivity index (χ0) is 13.7. The maximum absolute atomic E-state index is 12.1. The summed E-state index contributed by atoms with van der Waals surface area (Å²) in [4.78, 5) is 25.2. The summed E-state index contributed by atoms with van der Waals surface area (Å²) >= 11 is 0. The molecule has 0 radical (unpaired) electrons. The molecule has 1 heterocycles. The van der Waals surface area contributed by atoms with Gasteiger partial charge in [0.25, 0.3) is 0 Å². The van der Waals surface area contributed by atoms with Crippen molar-refractivity contribution in [2.45, 2.75) is 19.8 Å². The Labute approximate surface area is 113 Å². The van der Waals surface area contributed by atoms with Gasteiger partial charge in [-0.15, -0.1) is 0 Å². The first-order valence-electron chi connectivity index (χ1n) is 6.68. The van der Waals surface area contributed by atoms with E-state index in [4.69, 9.17) is 4.74 Å². The standard InChI is InChI=1S/C15H19NO3/c1-2-3-12-4-6-13(7-5-12)14(17)10-16-8-9-19-11-15(16)18/h4-7H,2-3,8-11H2,1H3. The SMILES string of the molecule is CCCc1ccc(C(=O)CN2CCOCC2=O)cc1. The lowest BCUT2D eigenvalue weighted by Gasteiger charge is -2.26. The van der Waals surface area contributed by atoms with E-state index < -0.39 is 0 Å². The second kappa shape index (κ2) is 6.48. The van der Waals surface area contributed by atoms with E-state index in [1.807, 2.05) is 24.3 Å². The van der Waals surface area contributed by atoms with Crippen LogP contribution >= 0.6 is 0 Å². The summed E-state index contributed by atoms with van der Waals surface area (Å²) < 4.78 is 5.04. The number of carbonyl (C=O) groups is 2. The predicted molar refractivity (Wildman–Crippen MR) is 72.2 cm³/mol. The van der Waals surface area contributed by atoms with E-state index in [1.165, 1.54) is 5.56 Å². The molecule has 102 valence electrons. The number of hydrogen-bond acceptors (Lipinski definition) is 3. The zero-order valence-electron chi connectivity index (χ0n) is 11.2. The first kappa shape index (κ1) is 13.7. The van der Waals surface area contributed by atoms with Crippen LogP contribution in [0.25, 0.3) is 0 Å². The number of benzene rings is 1. The number of morpholine rings is 1. The molecule has 0 aromatic heterocycles. The molecule has 4 nitrogen and oxygen atoms in total. The average molecular weight is 261 g/mol. The highest BCUT2D eigenvalue weighted by Crippen LogP contribution is 2.09. The summed E-state index contributed by atoms with van der Waals surface area (Å²) in [5.41, 5.74) is 1.90. The van der Waals surface area contributed by atoms with Crippen molar-refractivity contribution in [1.29, 1.82) is 0 Å². The van der Waals surface area contributed by atoms with Crippen LogP contribution in [0.2, 0.25) is 0 Å². The Morgan fingerprint density at radius 2 is 2.05 bits per heavy atom. The van der Waals surface area contributed by atoms with Gasteiger partial charge in [0.2, 0.25) is 5.91 Å². The van der Waals surface area contributed by atoms with Crippen LogP contribution in [0.4, 0.5) is 0 Å². The Hall–Kier alpha value is -1.68. The van der Waals surface area contributed by atoms with E-state index in [0.717, 1.165) is 12.8 Å². The van der Waals surface area contributed by atoms with E-state index in [2.05, 4.69) is 6.92 Å². The third-order valence-corrected chi connectivity index (χ3v) is 3.23. The topological polar surface area (TPSA) is 46.6 Å². The number of Topliss-reactive ketones (excluding diaryl/α,β-unsaturated/α-hetero) is 1. The van der Waals surface area contributed by atoms with Crippen LogP contribution < -0.4 is 0 Å². The van der Waals surface area contributed by atoms with Crippen molar-refractivity contribution in [2.75, 3.05) is 26.3 Å². The molecule has 1 aliphatic heterocycles. The van der Waals surface area contributed by atoms with E-state index in [1.54, 1.807) is 4.90 Å². The summed E-state index contributed by atoms with van der Waals surface area (Å²) in [6.45, 7) is 3.37. The van der Waals surface area contributed by atoms with E-state index in [9.17, 15) is 9.59 Å². The number of aryl methyl sites for hydroxylation is 1. The van der Waals surface area contributed by atoms with Crippen LogP contribution in [-0.2, 0) is 16.0 Å². The molecule has 4 heteroatoms. The van der Waals surface area contributed by atoms with Crippen molar-refractivity contribution in [3.63, 3.8) is 0 Å². The Kier molecular flexibility index (Phi) is 4.68. The molecule has 1 aromatic rings. The molecule has 0 spiro atoms. The Morgan fingerprint density at radius 3 is 2.68 bits per heavy atom. The smallest absolute Gasteiger partial charge is 0.249 e. The monoisotopic (exact) mass is 261 g/mol. The molecule has 0 aliphatic carbocycles. The molecule has 0 atom stereocenters. The van der Waals surface area contributed by atoms with Gasteiger partial charge >= 0.3 is 0 Å². The van der Waals surface area contributed by atoms with E-state index >= 15 is 0 Å². The molecule has 0 bridgehead atoms. The minimum Gasteiger partial charge on any atom is -0.370 e. The van der Waals surface area contributed by atoms with Gasteiger partial charge in [0.05, 0.1) is 13.2 Å². The quantitative estimate of drug-likeness (QED) is 0.758. The maximum atomic E-state index is 12.1. The number of rotatable bonds is 5. The van der Waals surface area contributed by atoms with E-state index in [-0.39, 0.29) is 24.8 Å². The van der Waals surface area contributed by atoms with Crippen LogP contribution in [-0.4, -0.2) is 42.9 Å². The molecule has 1 aromatic carbocycles. The molecule has 1 aliphatic rings. The first-order chi connectivity index (χ1) is 9.20. The number of nitrogens with zero attached hydrogens (tertiary/aromatic N) is 1. The van der Waals surface area contributed by atoms with Gasteiger partial charge in [-0.1, -0.05) is 37.6 Å².